The number of hydrogen-bond donors (Lipinski definition) is 1. The summed E-state index contributed by atoms with van der Waals surface area (Å²) >= 11 is 13.2. The molecular weight excluding hydrogens is 539 g/mol. The molecule has 1 heterocycles. The van der Waals surface area contributed by atoms with Crippen molar-refractivity contribution in [3.63, 3.8) is 0 Å². The van der Waals surface area contributed by atoms with E-state index in [2.05, 4.69) is 60.7 Å². The maximum Gasteiger partial charge on any atom is 0.200 e. The van der Waals surface area contributed by atoms with Crippen LogP contribution in [0.1, 0.15) is 22.3 Å². The summed E-state index contributed by atoms with van der Waals surface area (Å²) in [6.07, 6.45) is 1.73. The lowest BCUT2D eigenvalue weighted by molar-refractivity contribution is -0.313. The predicted octanol–water partition coefficient (Wildman–Crippen LogP) is 7.67. The van der Waals surface area contributed by atoms with E-state index in [-0.39, 0.29) is 17.8 Å². The van der Waals surface area contributed by atoms with Gasteiger partial charge in [-0.2, -0.15) is 0 Å². The molecule has 4 aromatic carbocycles. The summed E-state index contributed by atoms with van der Waals surface area (Å²) in [7, 11) is 0. The molecule has 0 unspecified atom stereocenters. The molecule has 4 aromatic rings. The van der Waals surface area contributed by atoms with Crippen molar-refractivity contribution in [2.45, 2.75) is 42.6 Å². The molecule has 40 heavy (non-hydrogen) atoms. The van der Waals surface area contributed by atoms with E-state index >= 15 is 0 Å². The normalized spacial score (nSPS) is 24.7. The van der Waals surface area contributed by atoms with Gasteiger partial charge in [0.25, 0.3) is 0 Å². The summed E-state index contributed by atoms with van der Waals surface area (Å²) in [5.41, 5.74) is 4.62. The summed E-state index contributed by atoms with van der Waals surface area (Å²) in [6.45, 7) is 0.776. The van der Waals surface area contributed by atoms with Crippen molar-refractivity contribution in [1.82, 2.24) is 0 Å². The monoisotopic (exact) mass is 574 g/mol. The molecule has 0 aliphatic carbocycles. The minimum Gasteiger partial charge on any atom is -0.374 e. The maximum absolute atomic E-state index is 12.1. The largest absolute Gasteiger partial charge is 0.374 e. The van der Waals surface area contributed by atoms with Gasteiger partial charge in [-0.05, 0) is 53.4 Å². The zero-order valence-electron chi connectivity index (χ0n) is 22.5. The van der Waals surface area contributed by atoms with Gasteiger partial charge in [-0.15, -0.1) is 0 Å². The fraction of sp³-hybridized carbons (Fsp3) is 0.314. The fourth-order valence-electron chi connectivity index (χ4n) is 6.05. The number of benzene rings is 4. The molecule has 0 spiro atoms. The molecule has 5 atom stereocenters. The van der Waals surface area contributed by atoms with E-state index in [1.807, 2.05) is 60.7 Å². The molecular formula is C35H36Cl2O3. The molecule has 208 valence electrons. The lowest BCUT2D eigenvalue weighted by Gasteiger charge is -2.52. The molecule has 1 aliphatic heterocycles. The van der Waals surface area contributed by atoms with Gasteiger partial charge in [0.1, 0.15) is 0 Å². The summed E-state index contributed by atoms with van der Waals surface area (Å²) in [5, 5.41) is 12.1. The smallest absolute Gasteiger partial charge is 0.200 e. The van der Waals surface area contributed by atoms with Crippen LogP contribution in [0.2, 0.25) is 0 Å². The summed E-state index contributed by atoms with van der Waals surface area (Å²) in [6, 6.07) is 41.2. The molecule has 1 N–H and O–H groups in total. The first kappa shape index (κ1) is 28.9. The molecule has 1 aliphatic rings. The minimum atomic E-state index is -1.74. The standard InChI is InChI=1S/C35H36Cl2O3/c36-34(37)35(38)32(23-28-17-9-3-10-18-28)30(21-26-13-5-1-6-14-26)31(22-27-15-7-2-8-16-27)33(40-35)25-39-24-29-19-11-4-12-20-29/h1-20,30-34,38H,21-25H2/t30-,31+,32+,33-,35+/m0/s1. The van der Waals surface area contributed by atoms with Crippen molar-refractivity contribution in [3.8, 4) is 0 Å². The van der Waals surface area contributed by atoms with Gasteiger partial charge >= 0.3 is 0 Å². The minimum absolute atomic E-state index is 0.0203. The molecule has 1 saturated heterocycles. The van der Waals surface area contributed by atoms with Gasteiger partial charge in [-0.25, -0.2) is 0 Å². The van der Waals surface area contributed by atoms with Crippen LogP contribution in [0, 0.1) is 17.8 Å². The topological polar surface area (TPSA) is 38.7 Å². The molecule has 3 nitrogen and oxygen atoms in total. The van der Waals surface area contributed by atoms with Crippen molar-refractivity contribution in [3.05, 3.63) is 144 Å². The molecule has 0 bridgehead atoms. The Bertz CT molecular complexity index is 1290. The molecule has 5 heteroatoms. The lowest BCUT2D eigenvalue weighted by Crippen LogP contribution is -2.61. The number of hydrogen-bond acceptors (Lipinski definition) is 3. The first-order valence-corrected chi connectivity index (χ1v) is 14.8. The number of alkyl halides is 2. The Hall–Kier alpha value is -2.66. The highest BCUT2D eigenvalue weighted by atomic mass is 35.5. The number of aliphatic hydroxyl groups is 1. The Kier molecular flexibility index (Phi) is 9.96. The number of rotatable bonds is 11. The highest BCUT2D eigenvalue weighted by molar-refractivity contribution is 6.45. The summed E-state index contributed by atoms with van der Waals surface area (Å²) in [4.78, 5) is -1.13. The second-order valence-electron chi connectivity index (χ2n) is 10.7. The van der Waals surface area contributed by atoms with Crippen LogP contribution in [0.15, 0.2) is 121 Å². The van der Waals surface area contributed by atoms with Crippen molar-refractivity contribution in [2.75, 3.05) is 6.61 Å². The highest BCUT2D eigenvalue weighted by Crippen LogP contribution is 2.48. The molecule has 1 fully saturated rings. The first-order valence-electron chi connectivity index (χ1n) is 13.9. The average molecular weight is 576 g/mol. The van der Waals surface area contributed by atoms with Crippen LogP contribution in [0.25, 0.3) is 0 Å². The van der Waals surface area contributed by atoms with Crippen LogP contribution < -0.4 is 0 Å². The van der Waals surface area contributed by atoms with Crippen LogP contribution in [0.3, 0.4) is 0 Å². The third-order valence-electron chi connectivity index (χ3n) is 8.05. The fourth-order valence-corrected chi connectivity index (χ4v) is 6.48. The predicted molar refractivity (Wildman–Crippen MR) is 162 cm³/mol. The highest BCUT2D eigenvalue weighted by Gasteiger charge is 2.56. The first-order chi connectivity index (χ1) is 19.5. The van der Waals surface area contributed by atoms with Gasteiger partial charge in [0.2, 0.25) is 0 Å². The van der Waals surface area contributed by atoms with E-state index in [4.69, 9.17) is 32.7 Å². The van der Waals surface area contributed by atoms with Crippen LogP contribution in [0.4, 0.5) is 0 Å². The SMILES string of the molecule is O[C@@]1(C(Cl)Cl)O[C@@H](COCc2ccccc2)[C@H](Cc2ccccc2)[C@H](Cc2ccccc2)[C@H]1Cc1ccccc1. The quantitative estimate of drug-likeness (QED) is 0.187. The maximum atomic E-state index is 12.1. The van der Waals surface area contributed by atoms with Gasteiger partial charge in [-0.3, -0.25) is 0 Å². The Morgan fingerprint density at radius 2 is 1.05 bits per heavy atom. The second-order valence-corrected chi connectivity index (χ2v) is 11.8. The van der Waals surface area contributed by atoms with E-state index in [9.17, 15) is 5.11 Å². The van der Waals surface area contributed by atoms with Gasteiger partial charge in [-0.1, -0.05) is 145 Å². The average Bonchev–Trinajstić information content (AvgIpc) is 2.99. The lowest BCUT2D eigenvalue weighted by atomic mass is 9.66. The third kappa shape index (κ3) is 7.15. The van der Waals surface area contributed by atoms with Crippen molar-refractivity contribution < 1.29 is 14.6 Å². The van der Waals surface area contributed by atoms with E-state index in [0.29, 0.717) is 19.6 Å². The van der Waals surface area contributed by atoms with Crippen LogP contribution >= 0.6 is 23.2 Å². The molecule has 5 rings (SSSR count). The summed E-state index contributed by atoms with van der Waals surface area (Å²) in [5.74, 6) is -2.01. The molecule has 0 radical (unpaired) electrons. The zero-order valence-corrected chi connectivity index (χ0v) is 24.0. The Labute approximate surface area is 247 Å². The number of halogens is 2. The molecule has 0 amide bonds. The Morgan fingerprint density at radius 3 is 1.52 bits per heavy atom. The van der Waals surface area contributed by atoms with Gasteiger partial charge in [0.05, 0.1) is 19.3 Å². The van der Waals surface area contributed by atoms with Crippen molar-refractivity contribution >= 4 is 23.2 Å². The second kappa shape index (κ2) is 13.8. The van der Waals surface area contributed by atoms with Gasteiger partial charge < -0.3 is 14.6 Å². The van der Waals surface area contributed by atoms with Crippen LogP contribution in [0.5, 0.6) is 0 Å². The van der Waals surface area contributed by atoms with E-state index in [1.54, 1.807) is 0 Å². The third-order valence-corrected chi connectivity index (χ3v) is 8.67. The zero-order chi connectivity index (χ0) is 27.8. The van der Waals surface area contributed by atoms with E-state index in [0.717, 1.165) is 24.0 Å². The molecule has 0 saturated carbocycles. The number of ether oxygens (including phenoxy) is 2. The van der Waals surface area contributed by atoms with Crippen molar-refractivity contribution in [1.29, 1.82) is 0 Å². The van der Waals surface area contributed by atoms with Crippen molar-refractivity contribution in [2.24, 2.45) is 17.8 Å². The van der Waals surface area contributed by atoms with E-state index in [1.165, 1.54) is 11.1 Å². The van der Waals surface area contributed by atoms with E-state index < -0.39 is 16.7 Å². The van der Waals surface area contributed by atoms with Crippen LogP contribution in [-0.4, -0.2) is 28.4 Å². The summed E-state index contributed by atoms with van der Waals surface area (Å²) < 4.78 is 12.8. The van der Waals surface area contributed by atoms with Gasteiger partial charge in [0, 0.05) is 5.92 Å². The Balaban J connectivity index is 1.52. The van der Waals surface area contributed by atoms with Gasteiger partial charge in [0.15, 0.2) is 10.6 Å². The van der Waals surface area contributed by atoms with Crippen LogP contribution in [-0.2, 0) is 35.3 Å². The Morgan fingerprint density at radius 1 is 0.625 bits per heavy atom. The molecule has 0 aromatic heterocycles.